The molecule has 0 amide bonds. The van der Waals surface area contributed by atoms with Crippen molar-refractivity contribution in [2.24, 2.45) is 5.73 Å². The monoisotopic (exact) mass is 297 g/mol. The van der Waals surface area contributed by atoms with E-state index in [1.165, 1.54) is 6.07 Å². The van der Waals surface area contributed by atoms with E-state index in [1.54, 1.807) is 18.2 Å². The van der Waals surface area contributed by atoms with Crippen molar-refractivity contribution in [3.05, 3.63) is 68.4 Å². The molecule has 0 saturated carbocycles. The van der Waals surface area contributed by atoms with Gasteiger partial charge in [-0.1, -0.05) is 41.4 Å². The zero-order chi connectivity index (χ0) is 14.2. The zero-order valence-corrected chi connectivity index (χ0v) is 12.2. The van der Waals surface area contributed by atoms with Crippen molar-refractivity contribution in [1.82, 2.24) is 0 Å². The first-order valence-electron chi connectivity index (χ1n) is 5.88. The molecule has 19 heavy (non-hydrogen) atoms. The van der Waals surface area contributed by atoms with Crippen LogP contribution in [0.4, 0.5) is 4.39 Å². The molecule has 0 aliphatic carbocycles. The Bertz CT molecular complexity index is 603. The highest BCUT2D eigenvalue weighted by Gasteiger charge is 2.19. The van der Waals surface area contributed by atoms with Crippen LogP contribution in [-0.2, 0) is 0 Å². The Balaban J connectivity index is 2.56. The summed E-state index contributed by atoms with van der Waals surface area (Å²) in [5, 5.41) is 0.788. The molecular formula is C15H14Cl2FN. The lowest BCUT2D eigenvalue weighted by Crippen LogP contribution is -2.16. The van der Waals surface area contributed by atoms with Crippen LogP contribution < -0.4 is 5.73 Å². The maximum absolute atomic E-state index is 14.1. The van der Waals surface area contributed by atoms with Crippen LogP contribution in [0.1, 0.15) is 28.3 Å². The molecule has 2 rings (SSSR count). The van der Waals surface area contributed by atoms with Crippen LogP contribution in [0.3, 0.4) is 0 Å². The number of aryl methyl sites for hydroxylation is 2. The molecule has 1 unspecified atom stereocenters. The SMILES string of the molecule is Cc1cc(C)c(C(N)c2cccc(Cl)c2Cl)c(F)c1. The van der Waals surface area contributed by atoms with Crippen LogP contribution in [-0.4, -0.2) is 0 Å². The topological polar surface area (TPSA) is 26.0 Å². The number of nitrogens with two attached hydrogens (primary N) is 1. The van der Waals surface area contributed by atoms with Gasteiger partial charge in [-0.25, -0.2) is 4.39 Å². The fourth-order valence-corrected chi connectivity index (χ4v) is 2.66. The second kappa shape index (κ2) is 5.49. The van der Waals surface area contributed by atoms with Crippen LogP contribution in [0.2, 0.25) is 10.0 Å². The van der Waals surface area contributed by atoms with Crippen LogP contribution in [0.15, 0.2) is 30.3 Å². The molecule has 0 aliphatic heterocycles. The number of hydrogen-bond acceptors (Lipinski definition) is 1. The van der Waals surface area contributed by atoms with E-state index in [-0.39, 0.29) is 5.82 Å². The largest absolute Gasteiger partial charge is 0.320 e. The maximum Gasteiger partial charge on any atom is 0.128 e. The van der Waals surface area contributed by atoms with Crippen molar-refractivity contribution >= 4 is 23.2 Å². The predicted molar refractivity (Wildman–Crippen MR) is 78.4 cm³/mol. The molecule has 1 atom stereocenters. The highest BCUT2D eigenvalue weighted by atomic mass is 35.5. The molecule has 4 heteroatoms. The summed E-state index contributed by atoms with van der Waals surface area (Å²) in [6.45, 7) is 3.68. The van der Waals surface area contributed by atoms with Gasteiger partial charge in [0.15, 0.2) is 0 Å². The molecule has 0 saturated heterocycles. The lowest BCUT2D eigenvalue weighted by atomic mass is 9.94. The van der Waals surface area contributed by atoms with E-state index in [2.05, 4.69) is 0 Å². The second-order valence-corrected chi connectivity index (χ2v) is 5.38. The number of rotatable bonds is 2. The molecule has 100 valence electrons. The van der Waals surface area contributed by atoms with E-state index in [4.69, 9.17) is 28.9 Å². The third-order valence-corrected chi connectivity index (χ3v) is 3.94. The van der Waals surface area contributed by atoms with Gasteiger partial charge in [-0.05, 0) is 42.7 Å². The van der Waals surface area contributed by atoms with Crippen molar-refractivity contribution in [2.75, 3.05) is 0 Å². The van der Waals surface area contributed by atoms with E-state index in [1.807, 2.05) is 19.9 Å². The Morgan fingerprint density at radius 1 is 1.16 bits per heavy atom. The lowest BCUT2D eigenvalue weighted by molar-refractivity contribution is 0.596. The van der Waals surface area contributed by atoms with Crippen molar-refractivity contribution in [3.63, 3.8) is 0 Å². The molecule has 0 heterocycles. The summed E-state index contributed by atoms with van der Waals surface area (Å²) in [5.41, 5.74) is 8.90. The van der Waals surface area contributed by atoms with Gasteiger partial charge in [0, 0.05) is 5.56 Å². The van der Waals surface area contributed by atoms with E-state index in [9.17, 15) is 4.39 Å². The summed E-state index contributed by atoms with van der Waals surface area (Å²) in [5.74, 6) is -0.318. The first-order chi connectivity index (χ1) is 8.91. The van der Waals surface area contributed by atoms with Crippen LogP contribution in [0.25, 0.3) is 0 Å². The average molecular weight is 298 g/mol. The van der Waals surface area contributed by atoms with Gasteiger partial charge in [0.05, 0.1) is 16.1 Å². The van der Waals surface area contributed by atoms with Crippen molar-refractivity contribution in [3.8, 4) is 0 Å². The molecule has 0 spiro atoms. The zero-order valence-electron chi connectivity index (χ0n) is 10.7. The van der Waals surface area contributed by atoms with E-state index in [0.29, 0.717) is 21.2 Å². The van der Waals surface area contributed by atoms with Crippen LogP contribution in [0, 0.1) is 19.7 Å². The van der Waals surface area contributed by atoms with E-state index in [0.717, 1.165) is 11.1 Å². The molecule has 1 nitrogen and oxygen atoms in total. The summed E-state index contributed by atoms with van der Waals surface area (Å²) in [7, 11) is 0. The Morgan fingerprint density at radius 3 is 2.47 bits per heavy atom. The van der Waals surface area contributed by atoms with Gasteiger partial charge in [0.1, 0.15) is 5.82 Å². The third-order valence-electron chi connectivity index (χ3n) is 3.11. The van der Waals surface area contributed by atoms with Crippen molar-refractivity contribution in [1.29, 1.82) is 0 Å². The first kappa shape index (κ1) is 14.3. The number of halogens is 3. The third kappa shape index (κ3) is 2.76. The minimum Gasteiger partial charge on any atom is -0.320 e. The quantitative estimate of drug-likeness (QED) is 0.847. The maximum atomic E-state index is 14.1. The fraction of sp³-hybridized carbons (Fsp3) is 0.200. The molecule has 0 fully saturated rings. The minimum atomic E-state index is -0.633. The smallest absolute Gasteiger partial charge is 0.128 e. The molecule has 0 aromatic heterocycles. The summed E-state index contributed by atoms with van der Waals surface area (Å²) in [6.07, 6.45) is 0. The standard InChI is InChI=1S/C15H14Cl2FN/c1-8-6-9(2)13(12(18)7-8)15(19)10-4-3-5-11(16)14(10)17/h3-7,15H,19H2,1-2H3. The summed E-state index contributed by atoms with van der Waals surface area (Å²) >= 11 is 12.1. The Kier molecular flexibility index (Phi) is 4.14. The number of benzene rings is 2. The molecule has 0 radical (unpaired) electrons. The van der Waals surface area contributed by atoms with Gasteiger partial charge in [-0.15, -0.1) is 0 Å². The van der Waals surface area contributed by atoms with Gasteiger partial charge >= 0.3 is 0 Å². The Hall–Kier alpha value is -1.09. The molecule has 0 aliphatic rings. The van der Waals surface area contributed by atoms with Gasteiger partial charge < -0.3 is 5.73 Å². The van der Waals surface area contributed by atoms with Crippen molar-refractivity contribution in [2.45, 2.75) is 19.9 Å². The van der Waals surface area contributed by atoms with E-state index >= 15 is 0 Å². The highest BCUT2D eigenvalue weighted by Crippen LogP contribution is 2.34. The molecule has 2 N–H and O–H groups in total. The predicted octanol–water partition coefficient (Wildman–Crippen LogP) is 4.80. The highest BCUT2D eigenvalue weighted by molar-refractivity contribution is 6.42. The molecule has 2 aromatic carbocycles. The lowest BCUT2D eigenvalue weighted by Gasteiger charge is -2.18. The normalized spacial score (nSPS) is 12.5. The summed E-state index contributed by atoms with van der Waals surface area (Å²) < 4.78 is 14.1. The Morgan fingerprint density at radius 2 is 1.84 bits per heavy atom. The first-order valence-corrected chi connectivity index (χ1v) is 6.63. The summed E-state index contributed by atoms with van der Waals surface area (Å²) in [6, 6.07) is 7.94. The van der Waals surface area contributed by atoms with Crippen LogP contribution in [0.5, 0.6) is 0 Å². The summed E-state index contributed by atoms with van der Waals surface area (Å²) in [4.78, 5) is 0. The van der Waals surface area contributed by atoms with Gasteiger partial charge in [0.25, 0.3) is 0 Å². The Labute approximate surface area is 122 Å². The second-order valence-electron chi connectivity index (χ2n) is 4.60. The average Bonchev–Trinajstić information content (AvgIpc) is 2.31. The number of hydrogen-bond donors (Lipinski definition) is 1. The van der Waals surface area contributed by atoms with Gasteiger partial charge in [-0.2, -0.15) is 0 Å². The van der Waals surface area contributed by atoms with Crippen LogP contribution >= 0.6 is 23.2 Å². The van der Waals surface area contributed by atoms with Gasteiger partial charge in [0.2, 0.25) is 0 Å². The molecule has 2 aromatic rings. The van der Waals surface area contributed by atoms with Gasteiger partial charge in [-0.3, -0.25) is 0 Å². The molecular weight excluding hydrogens is 284 g/mol. The minimum absolute atomic E-state index is 0.318. The molecule has 0 bridgehead atoms. The van der Waals surface area contributed by atoms with E-state index < -0.39 is 6.04 Å². The van der Waals surface area contributed by atoms with Crippen molar-refractivity contribution < 1.29 is 4.39 Å². The fourth-order valence-electron chi connectivity index (χ4n) is 2.24.